The summed E-state index contributed by atoms with van der Waals surface area (Å²) in [5.41, 5.74) is 0. The number of hydrogen-bond acceptors (Lipinski definition) is 1. The third-order valence-electron chi connectivity index (χ3n) is 1.62. The zero-order chi connectivity index (χ0) is 6.91. The van der Waals surface area contributed by atoms with Gasteiger partial charge >= 0.3 is 0 Å². The molecule has 0 aromatic rings. The van der Waals surface area contributed by atoms with Crippen LogP contribution in [0.25, 0.3) is 0 Å². The van der Waals surface area contributed by atoms with Crippen LogP contribution in [0.1, 0.15) is 19.8 Å². The van der Waals surface area contributed by atoms with Crippen molar-refractivity contribution in [2.24, 2.45) is 0 Å². The van der Waals surface area contributed by atoms with Crippen molar-refractivity contribution in [2.75, 3.05) is 6.61 Å². The largest absolute Gasteiger partial charge is 0.376 e. The summed E-state index contributed by atoms with van der Waals surface area (Å²) in [5, 5.41) is 0. The molecule has 0 N–H and O–H groups in total. The highest BCUT2D eigenvalue weighted by molar-refractivity contribution is 9.25. The van der Waals surface area contributed by atoms with Crippen LogP contribution in [0.4, 0.5) is 0 Å². The molecule has 1 atom stereocenters. The van der Waals surface area contributed by atoms with Gasteiger partial charge < -0.3 is 4.74 Å². The fraction of sp³-hybridized carbons (Fsp3) is 1.00. The van der Waals surface area contributed by atoms with Gasteiger partial charge in [0.15, 0.2) is 0 Å². The quantitative estimate of drug-likeness (QED) is 0.607. The van der Waals surface area contributed by atoms with E-state index in [0.29, 0.717) is 0 Å². The molecule has 0 bridgehead atoms. The molecule has 1 aliphatic rings. The Labute approximate surface area is 72.4 Å². The molecule has 9 heavy (non-hydrogen) atoms. The van der Waals surface area contributed by atoms with Gasteiger partial charge in [0, 0.05) is 6.61 Å². The molecular formula is C6H10Br2O. The summed E-state index contributed by atoms with van der Waals surface area (Å²) < 4.78 is 5.44. The fourth-order valence-electron chi connectivity index (χ4n) is 0.893. The molecule has 1 rings (SSSR count). The lowest BCUT2D eigenvalue weighted by Crippen LogP contribution is -2.34. The van der Waals surface area contributed by atoms with E-state index in [-0.39, 0.29) is 9.34 Å². The van der Waals surface area contributed by atoms with E-state index in [1.54, 1.807) is 0 Å². The summed E-state index contributed by atoms with van der Waals surface area (Å²) in [4.78, 5) is 0. The van der Waals surface area contributed by atoms with Gasteiger partial charge in [-0.1, -0.05) is 31.9 Å². The van der Waals surface area contributed by atoms with Gasteiger partial charge in [-0.25, -0.2) is 0 Å². The molecule has 0 radical (unpaired) electrons. The van der Waals surface area contributed by atoms with Crippen molar-refractivity contribution in [3.05, 3.63) is 0 Å². The van der Waals surface area contributed by atoms with Crippen molar-refractivity contribution >= 4 is 31.9 Å². The molecule has 0 aliphatic carbocycles. The van der Waals surface area contributed by atoms with E-state index in [2.05, 4.69) is 38.8 Å². The average Bonchev–Trinajstić information content (AvgIpc) is 1.77. The lowest BCUT2D eigenvalue weighted by atomic mass is 10.1. The zero-order valence-electron chi connectivity index (χ0n) is 5.36. The van der Waals surface area contributed by atoms with Crippen LogP contribution in [0.3, 0.4) is 0 Å². The summed E-state index contributed by atoms with van der Waals surface area (Å²) >= 11 is 7.10. The molecule has 0 aromatic heterocycles. The van der Waals surface area contributed by atoms with E-state index in [1.165, 1.54) is 0 Å². The number of hydrogen-bond donors (Lipinski definition) is 0. The van der Waals surface area contributed by atoms with E-state index in [0.717, 1.165) is 19.4 Å². The summed E-state index contributed by atoms with van der Waals surface area (Å²) in [6.07, 6.45) is 2.57. The smallest absolute Gasteiger partial charge is 0.106 e. The van der Waals surface area contributed by atoms with Crippen LogP contribution in [0.15, 0.2) is 0 Å². The van der Waals surface area contributed by atoms with Crippen LogP contribution >= 0.6 is 31.9 Å². The summed E-state index contributed by atoms with van der Waals surface area (Å²) in [6.45, 7) is 2.97. The molecule has 0 spiro atoms. The second-order valence-corrected chi connectivity index (χ2v) is 6.27. The Morgan fingerprint density at radius 1 is 1.56 bits per heavy atom. The van der Waals surface area contributed by atoms with Crippen molar-refractivity contribution in [1.82, 2.24) is 0 Å². The first kappa shape index (κ1) is 8.02. The molecule has 3 heteroatoms. The predicted molar refractivity (Wildman–Crippen MR) is 45.2 cm³/mol. The Balaban J connectivity index is 2.49. The zero-order valence-corrected chi connectivity index (χ0v) is 8.53. The van der Waals surface area contributed by atoms with Crippen molar-refractivity contribution < 1.29 is 4.74 Å². The molecule has 1 aliphatic heterocycles. The minimum atomic E-state index is 0.0399. The van der Waals surface area contributed by atoms with E-state index in [9.17, 15) is 0 Å². The highest BCUT2D eigenvalue weighted by Crippen LogP contribution is 2.39. The van der Waals surface area contributed by atoms with E-state index < -0.39 is 0 Å². The summed E-state index contributed by atoms with van der Waals surface area (Å²) in [6, 6.07) is 0. The first-order valence-corrected chi connectivity index (χ1v) is 4.71. The van der Waals surface area contributed by atoms with Crippen molar-refractivity contribution in [2.45, 2.75) is 29.1 Å². The predicted octanol–water partition coefficient (Wildman–Crippen LogP) is 2.67. The molecule has 0 saturated carbocycles. The Hall–Kier alpha value is 0.920. The van der Waals surface area contributed by atoms with Crippen molar-refractivity contribution in [1.29, 1.82) is 0 Å². The first-order valence-electron chi connectivity index (χ1n) is 3.12. The maximum absolute atomic E-state index is 5.40. The van der Waals surface area contributed by atoms with Crippen LogP contribution in [0.2, 0.25) is 0 Å². The van der Waals surface area contributed by atoms with Crippen LogP contribution < -0.4 is 0 Å². The molecule has 1 unspecified atom stereocenters. The van der Waals surface area contributed by atoms with E-state index in [1.807, 2.05) is 0 Å². The van der Waals surface area contributed by atoms with Crippen LogP contribution in [-0.2, 0) is 4.74 Å². The molecule has 0 amide bonds. The summed E-state index contributed by atoms with van der Waals surface area (Å²) in [5.74, 6) is 0. The maximum atomic E-state index is 5.40. The second-order valence-electron chi connectivity index (χ2n) is 2.38. The first-order chi connectivity index (χ1) is 4.13. The Kier molecular flexibility index (Phi) is 2.57. The normalized spacial score (nSPS) is 34.3. The van der Waals surface area contributed by atoms with Gasteiger partial charge in [0.25, 0.3) is 0 Å². The standard InChI is InChI=1S/C6H10Br2O/c1-5-6(7,8)3-2-4-9-5/h5H,2-4H2,1H3. The van der Waals surface area contributed by atoms with Gasteiger partial charge in [-0.2, -0.15) is 0 Å². The molecule has 1 heterocycles. The molecule has 54 valence electrons. The topological polar surface area (TPSA) is 9.23 Å². The van der Waals surface area contributed by atoms with E-state index in [4.69, 9.17) is 4.74 Å². The highest BCUT2D eigenvalue weighted by Gasteiger charge is 2.33. The number of halogens is 2. The molecule has 1 saturated heterocycles. The minimum absolute atomic E-state index is 0.0399. The molecule has 1 fully saturated rings. The van der Waals surface area contributed by atoms with Gasteiger partial charge in [-0.05, 0) is 19.8 Å². The fourth-order valence-corrected chi connectivity index (χ4v) is 1.72. The Morgan fingerprint density at radius 2 is 2.22 bits per heavy atom. The monoisotopic (exact) mass is 256 g/mol. The SMILES string of the molecule is CC1OCCCC1(Br)Br. The van der Waals surface area contributed by atoms with Crippen LogP contribution in [0, 0.1) is 0 Å². The molecule has 0 aromatic carbocycles. The average molecular weight is 258 g/mol. The van der Waals surface area contributed by atoms with Crippen molar-refractivity contribution in [3.63, 3.8) is 0 Å². The van der Waals surface area contributed by atoms with E-state index >= 15 is 0 Å². The lowest BCUT2D eigenvalue weighted by Gasteiger charge is -2.32. The maximum Gasteiger partial charge on any atom is 0.106 e. The van der Waals surface area contributed by atoms with Crippen LogP contribution in [-0.4, -0.2) is 15.9 Å². The minimum Gasteiger partial charge on any atom is -0.376 e. The highest BCUT2D eigenvalue weighted by atomic mass is 79.9. The molecular weight excluding hydrogens is 248 g/mol. The van der Waals surface area contributed by atoms with Gasteiger partial charge in [0.2, 0.25) is 0 Å². The Morgan fingerprint density at radius 3 is 2.56 bits per heavy atom. The van der Waals surface area contributed by atoms with Crippen molar-refractivity contribution in [3.8, 4) is 0 Å². The van der Waals surface area contributed by atoms with Crippen LogP contribution in [0.5, 0.6) is 0 Å². The summed E-state index contributed by atoms with van der Waals surface area (Å²) in [7, 11) is 0. The Bertz CT molecular complexity index is 103. The third kappa shape index (κ3) is 1.92. The third-order valence-corrected chi connectivity index (χ3v) is 3.70. The van der Waals surface area contributed by atoms with Gasteiger partial charge in [0.05, 0.1) is 6.10 Å². The second kappa shape index (κ2) is 2.89. The number of alkyl halides is 2. The number of rotatable bonds is 0. The van der Waals surface area contributed by atoms with Gasteiger partial charge in [0.1, 0.15) is 3.23 Å². The lowest BCUT2D eigenvalue weighted by molar-refractivity contribution is 0.0287. The van der Waals surface area contributed by atoms with Gasteiger partial charge in [-0.3, -0.25) is 0 Å². The number of ether oxygens (including phenoxy) is 1. The van der Waals surface area contributed by atoms with Gasteiger partial charge in [-0.15, -0.1) is 0 Å². The molecule has 1 nitrogen and oxygen atoms in total.